The van der Waals surface area contributed by atoms with Crippen LogP contribution in [-0.4, -0.2) is 39.3 Å². The van der Waals surface area contributed by atoms with Crippen molar-refractivity contribution in [2.45, 2.75) is 57.8 Å². The Kier molecular flexibility index (Phi) is 5.78. The van der Waals surface area contributed by atoms with Crippen LogP contribution < -0.4 is 16.2 Å². The van der Waals surface area contributed by atoms with Gasteiger partial charge >= 0.3 is 12.2 Å². The molecule has 2 aromatic rings. The van der Waals surface area contributed by atoms with E-state index in [2.05, 4.69) is 21.2 Å². The second kappa shape index (κ2) is 8.33. The number of urea groups is 1. The molecular weight excluding hydrogens is 455 g/mol. The number of hydrogen-bond donors (Lipinski definition) is 3. The SMILES string of the molecule is CC(=O)NNC(=O)C12CC(C)CC(C1)N2C(=O)Nc1ccc(C(F)(F)F)c(-c2nc(C)co2)c1. The first-order valence-electron chi connectivity index (χ1n) is 10.7. The minimum absolute atomic E-state index is 0.0966. The second-order valence-corrected chi connectivity index (χ2v) is 8.92. The molecule has 4 amide bonds. The van der Waals surface area contributed by atoms with E-state index < -0.39 is 35.1 Å². The quantitative estimate of drug-likeness (QED) is 0.582. The Morgan fingerprint density at radius 2 is 1.94 bits per heavy atom. The fourth-order valence-electron chi connectivity index (χ4n) is 4.93. The zero-order chi connectivity index (χ0) is 24.8. The fourth-order valence-corrected chi connectivity index (χ4v) is 4.93. The molecule has 2 aliphatic rings. The molecule has 0 spiro atoms. The molecule has 4 rings (SSSR count). The van der Waals surface area contributed by atoms with Gasteiger partial charge in [0.15, 0.2) is 0 Å². The Morgan fingerprint density at radius 1 is 1.21 bits per heavy atom. The largest absolute Gasteiger partial charge is 0.444 e. The van der Waals surface area contributed by atoms with Crippen molar-refractivity contribution < 1.29 is 32.0 Å². The summed E-state index contributed by atoms with van der Waals surface area (Å²) in [6, 6.07) is 2.32. The van der Waals surface area contributed by atoms with Crippen molar-refractivity contribution in [2.75, 3.05) is 5.32 Å². The van der Waals surface area contributed by atoms with Crippen LogP contribution in [0.1, 0.15) is 44.4 Å². The van der Waals surface area contributed by atoms with Crippen LogP contribution in [0.2, 0.25) is 0 Å². The van der Waals surface area contributed by atoms with Gasteiger partial charge in [-0.05, 0) is 43.9 Å². The molecule has 34 heavy (non-hydrogen) atoms. The maximum absolute atomic E-state index is 13.5. The lowest BCUT2D eigenvalue weighted by Gasteiger charge is -2.61. The molecule has 2 bridgehead atoms. The van der Waals surface area contributed by atoms with Crippen molar-refractivity contribution in [3.63, 3.8) is 0 Å². The maximum Gasteiger partial charge on any atom is 0.417 e. The lowest BCUT2D eigenvalue weighted by Crippen LogP contribution is -2.77. The molecule has 1 aromatic heterocycles. The Balaban J connectivity index is 1.60. The molecule has 0 radical (unpaired) electrons. The van der Waals surface area contributed by atoms with Gasteiger partial charge in [-0.3, -0.25) is 20.4 Å². The van der Waals surface area contributed by atoms with Crippen molar-refractivity contribution in [1.82, 2.24) is 20.7 Å². The smallest absolute Gasteiger partial charge is 0.417 e. The fraction of sp³-hybridized carbons (Fsp3) is 0.455. The van der Waals surface area contributed by atoms with Gasteiger partial charge in [0.1, 0.15) is 11.8 Å². The molecule has 9 nitrogen and oxygen atoms in total. The van der Waals surface area contributed by atoms with Crippen LogP contribution in [-0.2, 0) is 15.8 Å². The molecule has 182 valence electrons. The Hall–Kier alpha value is -3.57. The number of carbonyl (C=O) groups excluding carboxylic acids is 3. The molecular formula is C22H24F3N5O4. The molecule has 2 fully saturated rings. The van der Waals surface area contributed by atoms with Gasteiger partial charge in [-0.2, -0.15) is 13.2 Å². The summed E-state index contributed by atoms with van der Waals surface area (Å²) >= 11 is 0. The summed E-state index contributed by atoms with van der Waals surface area (Å²) in [5.41, 5.74) is 2.69. The maximum atomic E-state index is 13.5. The topological polar surface area (TPSA) is 117 Å². The number of aryl methyl sites for hydroxylation is 1. The number of nitrogens with zero attached hydrogens (tertiary/aromatic N) is 2. The molecule has 3 unspecified atom stereocenters. The minimum Gasteiger partial charge on any atom is -0.444 e. The first-order valence-corrected chi connectivity index (χ1v) is 10.7. The average Bonchev–Trinajstić information content (AvgIpc) is 3.16. The van der Waals surface area contributed by atoms with Gasteiger partial charge < -0.3 is 14.6 Å². The third kappa shape index (κ3) is 4.19. The number of halogens is 3. The van der Waals surface area contributed by atoms with Gasteiger partial charge in [0.05, 0.1) is 16.8 Å². The number of oxazole rings is 1. The molecule has 1 saturated heterocycles. The molecule has 1 aliphatic carbocycles. The monoisotopic (exact) mass is 479 g/mol. The normalized spacial score (nSPS) is 23.6. The third-order valence-electron chi connectivity index (χ3n) is 6.18. The molecule has 12 heteroatoms. The lowest BCUT2D eigenvalue weighted by molar-refractivity contribution is -0.157. The van der Waals surface area contributed by atoms with E-state index in [9.17, 15) is 27.6 Å². The average molecular weight is 479 g/mol. The number of fused-ring (bicyclic) bond motifs is 2. The number of hydrogen-bond acceptors (Lipinski definition) is 5. The second-order valence-electron chi connectivity index (χ2n) is 8.92. The first kappa shape index (κ1) is 23.6. The highest BCUT2D eigenvalue weighted by Crippen LogP contribution is 2.50. The lowest BCUT2D eigenvalue weighted by atomic mass is 9.64. The van der Waals surface area contributed by atoms with Gasteiger partial charge in [0.25, 0.3) is 5.91 Å². The standard InChI is InChI=1S/C22H24F3N5O4/c1-11-6-15-9-21(8-11,19(32)29-28-13(3)31)30(15)20(33)27-14-4-5-17(22(23,24)25)16(7-14)18-26-12(2)10-34-18/h4-5,7,10-11,15H,6,8-9H2,1-3H3,(H,27,33)(H,28,31)(H,29,32). The van der Waals surface area contributed by atoms with Crippen LogP contribution in [0.5, 0.6) is 0 Å². The zero-order valence-electron chi connectivity index (χ0n) is 18.7. The van der Waals surface area contributed by atoms with E-state index in [0.717, 1.165) is 18.2 Å². The summed E-state index contributed by atoms with van der Waals surface area (Å²) in [5.74, 6) is -1.01. The molecule has 2 heterocycles. The number of likely N-dealkylation sites (tertiary alicyclic amines) is 1. The Bertz CT molecular complexity index is 1150. The van der Waals surface area contributed by atoms with Crippen LogP contribution in [0.25, 0.3) is 11.5 Å². The van der Waals surface area contributed by atoms with Gasteiger partial charge in [0, 0.05) is 25.1 Å². The van der Waals surface area contributed by atoms with Crippen molar-refractivity contribution >= 4 is 23.5 Å². The number of aromatic nitrogens is 1. The van der Waals surface area contributed by atoms with Crippen LogP contribution >= 0.6 is 0 Å². The van der Waals surface area contributed by atoms with Crippen LogP contribution in [0.4, 0.5) is 23.7 Å². The van der Waals surface area contributed by atoms with Gasteiger partial charge in [-0.15, -0.1) is 0 Å². The summed E-state index contributed by atoms with van der Waals surface area (Å²) in [6.07, 6.45) is -1.89. The number of hydrazine groups is 1. The highest BCUT2D eigenvalue weighted by Gasteiger charge is 2.62. The molecule has 1 saturated carbocycles. The number of nitrogens with one attached hydrogen (secondary N) is 3. The van der Waals surface area contributed by atoms with E-state index in [0.29, 0.717) is 25.0 Å². The van der Waals surface area contributed by atoms with E-state index in [1.165, 1.54) is 18.1 Å². The number of carbonyl (C=O) groups is 3. The number of anilines is 1. The predicted octanol–water partition coefficient (Wildman–Crippen LogP) is 3.61. The van der Waals surface area contributed by atoms with Crippen molar-refractivity contribution in [3.8, 4) is 11.5 Å². The van der Waals surface area contributed by atoms with E-state index in [1.54, 1.807) is 6.92 Å². The molecule has 1 aromatic carbocycles. The molecule has 1 aliphatic heterocycles. The minimum atomic E-state index is -4.66. The summed E-state index contributed by atoms with van der Waals surface area (Å²) in [4.78, 5) is 42.7. The zero-order valence-corrected chi connectivity index (χ0v) is 18.7. The molecule has 3 atom stereocenters. The van der Waals surface area contributed by atoms with Crippen molar-refractivity contribution in [3.05, 3.63) is 35.7 Å². The number of benzene rings is 1. The van der Waals surface area contributed by atoms with Gasteiger partial charge in [-0.1, -0.05) is 6.92 Å². The van der Waals surface area contributed by atoms with Crippen LogP contribution in [0, 0.1) is 12.8 Å². The first-order chi connectivity index (χ1) is 15.9. The third-order valence-corrected chi connectivity index (χ3v) is 6.18. The van der Waals surface area contributed by atoms with E-state index in [1.807, 2.05) is 6.92 Å². The van der Waals surface area contributed by atoms with E-state index in [4.69, 9.17) is 4.42 Å². The summed E-state index contributed by atoms with van der Waals surface area (Å²) < 4.78 is 45.8. The van der Waals surface area contributed by atoms with Crippen LogP contribution in [0.15, 0.2) is 28.9 Å². The highest BCUT2D eigenvalue weighted by atomic mass is 19.4. The Morgan fingerprint density at radius 3 is 2.56 bits per heavy atom. The highest BCUT2D eigenvalue weighted by molar-refractivity contribution is 5.99. The number of rotatable bonds is 3. The Labute approximate surface area is 193 Å². The molecule has 3 N–H and O–H groups in total. The van der Waals surface area contributed by atoms with E-state index >= 15 is 0 Å². The van der Waals surface area contributed by atoms with Gasteiger partial charge in [-0.25, -0.2) is 9.78 Å². The van der Waals surface area contributed by atoms with E-state index in [-0.39, 0.29) is 29.1 Å². The number of amides is 4. The summed E-state index contributed by atoms with van der Waals surface area (Å²) in [7, 11) is 0. The summed E-state index contributed by atoms with van der Waals surface area (Å²) in [6.45, 7) is 4.80. The predicted molar refractivity (Wildman–Crippen MR) is 114 cm³/mol. The van der Waals surface area contributed by atoms with Crippen molar-refractivity contribution in [2.24, 2.45) is 5.92 Å². The number of piperidine rings is 1. The van der Waals surface area contributed by atoms with Gasteiger partial charge in [0.2, 0.25) is 11.8 Å². The van der Waals surface area contributed by atoms with Crippen LogP contribution in [0.3, 0.4) is 0 Å². The number of alkyl halides is 3. The van der Waals surface area contributed by atoms with Crippen molar-refractivity contribution in [1.29, 1.82) is 0 Å². The summed E-state index contributed by atoms with van der Waals surface area (Å²) in [5, 5.41) is 2.61.